The highest BCUT2D eigenvalue weighted by molar-refractivity contribution is 5.84. The Bertz CT molecular complexity index is 471. The van der Waals surface area contributed by atoms with E-state index in [0.717, 1.165) is 13.0 Å². The molecule has 0 amide bonds. The lowest BCUT2D eigenvalue weighted by Crippen LogP contribution is -2.43. The Balaban J connectivity index is 1.92. The zero-order chi connectivity index (χ0) is 12.7. The average molecular weight is 244 g/mol. The van der Waals surface area contributed by atoms with Crippen LogP contribution in [0.15, 0.2) is 24.3 Å². The molecule has 0 radical (unpaired) electrons. The van der Waals surface area contributed by atoms with E-state index in [1.165, 1.54) is 11.3 Å². The predicted octanol–water partition coefficient (Wildman–Crippen LogP) is 2.60. The highest BCUT2D eigenvalue weighted by Crippen LogP contribution is 2.45. The summed E-state index contributed by atoms with van der Waals surface area (Å²) in [4.78, 5) is 14.4. The Kier molecular flexibility index (Phi) is 2.86. The summed E-state index contributed by atoms with van der Waals surface area (Å²) in [6.07, 6.45) is 1.92. The van der Waals surface area contributed by atoms with E-state index in [2.05, 4.69) is 41.4 Å². The molecule has 3 unspecified atom stereocenters. The molecule has 3 rings (SSSR count). The van der Waals surface area contributed by atoms with Crippen LogP contribution in [0.4, 0.5) is 5.69 Å². The summed E-state index contributed by atoms with van der Waals surface area (Å²) >= 11 is 0. The Hall–Kier alpha value is -1.35. The number of hydrogen-bond acceptors (Lipinski definition) is 3. The maximum Gasteiger partial charge on any atom is 0.149 e. The van der Waals surface area contributed by atoms with Gasteiger partial charge in [0.15, 0.2) is 0 Å². The molecule has 1 saturated heterocycles. The van der Waals surface area contributed by atoms with E-state index in [9.17, 15) is 4.79 Å². The predicted molar refractivity (Wildman–Crippen MR) is 72.7 cm³/mol. The van der Waals surface area contributed by atoms with Crippen LogP contribution in [0.2, 0.25) is 0 Å². The standard InChI is InChI=1S/C15H20N2O/c1-3-14(18)13-9-11-10-7-5-6-8-12(10)16-15(11)17(13)4-2/h5-8,11,13,15-16H,3-4,9H2,1-2H3. The lowest BCUT2D eigenvalue weighted by atomic mass is 9.95. The monoisotopic (exact) mass is 244 g/mol. The molecule has 0 bridgehead atoms. The molecule has 0 spiro atoms. The lowest BCUT2D eigenvalue weighted by Gasteiger charge is -2.27. The number of benzene rings is 1. The fraction of sp³-hybridized carbons (Fsp3) is 0.533. The van der Waals surface area contributed by atoms with Crippen molar-refractivity contribution in [3.8, 4) is 0 Å². The first-order valence-electron chi connectivity index (χ1n) is 6.90. The normalized spacial score (nSPS) is 29.8. The number of Topliss-reactive ketones (excluding diaryl/α,β-unsaturated/α-hetero) is 1. The molecule has 96 valence electrons. The smallest absolute Gasteiger partial charge is 0.149 e. The first-order chi connectivity index (χ1) is 8.76. The molecule has 0 aliphatic carbocycles. The Morgan fingerprint density at radius 3 is 2.89 bits per heavy atom. The summed E-state index contributed by atoms with van der Waals surface area (Å²) in [6, 6.07) is 8.60. The van der Waals surface area contributed by atoms with E-state index in [-0.39, 0.29) is 6.04 Å². The van der Waals surface area contributed by atoms with E-state index < -0.39 is 0 Å². The van der Waals surface area contributed by atoms with Gasteiger partial charge in [0.1, 0.15) is 5.78 Å². The molecule has 3 atom stereocenters. The molecule has 3 nitrogen and oxygen atoms in total. The summed E-state index contributed by atoms with van der Waals surface area (Å²) in [5.41, 5.74) is 2.63. The second kappa shape index (κ2) is 4.39. The Labute approximate surface area is 108 Å². The number of hydrogen-bond donors (Lipinski definition) is 1. The van der Waals surface area contributed by atoms with Crippen molar-refractivity contribution in [3.63, 3.8) is 0 Å². The number of carbonyl (C=O) groups excluding carboxylic acids is 1. The van der Waals surface area contributed by atoms with Crippen molar-refractivity contribution < 1.29 is 4.79 Å². The highest BCUT2D eigenvalue weighted by atomic mass is 16.1. The fourth-order valence-corrected chi connectivity index (χ4v) is 3.49. The number of likely N-dealkylation sites (tertiary alicyclic amines) is 1. The van der Waals surface area contributed by atoms with Gasteiger partial charge in [-0.2, -0.15) is 0 Å². The number of anilines is 1. The molecule has 1 N–H and O–H groups in total. The summed E-state index contributed by atoms with van der Waals surface area (Å²) < 4.78 is 0. The SMILES string of the molecule is CCC(=O)C1CC2c3ccccc3NC2N1CC. The van der Waals surface area contributed by atoms with Gasteiger partial charge in [-0.05, 0) is 24.6 Å². The van der Waals surface area contributed by atoms with Crippen LogP contribution in [0, 0.1) is 0 Å². The number of nitrogens with zero attached hydrogens (tertiary/aromatic N) is 1. The molecule has 0 saturated carbocycles. The third kappa shape index (κ3) is 1.57. The van der Waals surface area contributed by atoms with E-state index in [1.54, 1.807) is 0 Å². The van der Waals surface area contributed by atoms with Crippen LogP contribution in [0.1, 0.15) is 38.2 Å². The number of nitrogens with one attached hydrogen (secondary N) is 1. The van der Waals surface area contributed by atoms with Crippen molar-refractivity contribution in [1.29, 1.82) is 0 Å². The molecule has 2 heterocycles. The largest absolute Gasteiger partial charge is 0.369 e. The number of carbonyl (C=O) groups is 1. The van der Waals surface area contributed by atoms with Gasteiger partial charge in [-0.25, -0.2) is 0 Å². The van der Waals surface area contributed by atoms with E-state index >= 15 is 0 Å². The van der Waals surface area contributed by atoms with Crippen molar-refractivity contribution in [2.24, 2.45) is 0 Å². The number of fused-ring (bicyclic) bond motifs is 3. The van der Waals surface area contributed by atoms with Crippen LogP contribution in [-0.4, -0.2) is 29.4 Å². The molecular weight excluding hydrogens is 224 g/mol. The van der Waals surface area contributed by atoms with Gasteiger partial charge < -0.3 is 5.32 Å². The van der Waals surface area contributed by atoms with Gasteiger partial charge in [0, 0.05) is 18.0 Å². The zero-order valence-electron chi connectivity index (χ0n) is 11.0. The van der Waals surface area contributed by atoms with Crippen molar-refractivity contribution >= 4 is 11.5 Å². The minimum atomic E-state index is 0.107. The number of para-hydroxylation sites is 1. The maximum atomic E-state index is 12.1. The molecule has 2 aliphatic heterocycles. The van der Waals surface area contributed by atoms with E-state index in [4.69, 9.17) is 0 Å². The molecule has 1 aromatic rings. The van der Waals surface area contributed by atoms with Crippen molar-refractivity contribution in [2.75, 3.05) is 11.9 Å². The van der Waals surface area contributed by atoms with Gasteiger partial charge in [0.05, 0.1) is 12.2 Å². The molecule has 1 aromatic carbocycles. The summed E-state index contributed by atoms with van der Waals surface area (Å²) in [7, 11) is 0. The van der Waals surface area contributed by atoms with Gasteiger partial charge in [-0.1, -0.05) is 32.0 Å². The molecule has 3 heteroatoms. The van der Waals surface area contributed by atoms with Crippen LogP contribution >= 0.6 is 0 Å². The second-order valence-electron chi connectivity index (χ2n) is 5.18. The summed E-state index contributed by atoms with van der Waals surface area (Å²) in [5, 5.41) is 3.58. The van der Waals surface area contributed by atoms with Gasteiger partial charge in [-0.15, -0.1) is 0 Å². The quantitative estimate of drug-likeness (QED) is 0.887. The lowest BCUT2D eigenvalue weighted by molar-refractivity contribution is -0.123. The summed E-state index contributed by atoms with van der Waals surface area (Å²) in [6.45, 7) is 5.03. The Morgan fingerprint density at radius 2 is 2.17 bits per heavy atom. The second-order valence-corrected chi connectivity index (χ2v) is 5.18. The molecule has 18 heavy (non-hydrogen) atoms. The molecule has 2 aliphatic rings. The molecule has 0 aromatic heterocycles. The van der Waals surface area contributed by atoms with Crippen LogP contribution in [0.25, 0.3) is 0 Å². The minimum Gasteiger partial charge on any atom is -0.369 e. The van der Waals surface area contributed by atoms with E-state index in [1.807, 2.05) is 6.92 Å². The van der Waals surface area contributed by atoms with Gasteiger partial charge in [-0.3, -0.25) is 9.69 Å². The zero-order valence-corrected chi connectivity index (χ0v) is 11.0. The fourth-order valence-electron chi connectivity index (χ4n) is 3.49. The third-order valence-electron chi connectivity index (χ3n) is 4.36. The van der Waals surface area contributed by atoms with Crippen molar-refractivity contribution in [1.82, 2.24) is 4.90 Å². The Morgan fingerprint density at radius 1 is 1.39 bits per heavy atom. The molecule has 1 fully saturated rings. The first kappa shape index (κ1) is 11.7. The topological polar surface area (TPSA) is 32.3 Å². The number of likely N-dealkylation sites (N-methyl/N-ethyl adjacent to an activating group) is 1. The average Bonchev–Trinajstić information content (AvgIpc) is 2.93. The van der Waals surface area contributed by atoms with Crippen molar-refractivity contribution in [2.45, 2.75) is 44.8 Å². The van der Waals surface area contributed by atoms with Gasteiger partial charge >= 0.3 is 0 Å². The van der Waals surface area contributed by atoms with Crippen molar-refractivity contribution in [3.05, 3.63) is 29.8 Å². The van der Waals surface area contributed by atoms with Crippen LogP contribution in [0.5, 0.6) is 0 Å². The van der Waals surface area contributed by atoms with E-state index in [0.29, 0.717) is 24.3 Å². The third-order valence-corrected chi connectivity index (χ3v) is 4.36. The van der Waals surface area contributed by atoms with Crippen LogP contribution in [0.3, 0.4) is 0 Å². The maximum absolute atomic E-state index is 12.1. The number of ketones is 1. The summed E-state index contributed by atoms with van der Waals surface area (Å²) in [5.74, 6) is 0.854. The van der Waals surface area contributed by atoms with Crippen LogP contribution < -0.4 is 5.32 Å². The molecular formula is C15H20N2O. The first-order valence-corrected chi connectivity index (χ1v) is 6.90. The van der Waals surface area contributed by atoms with Gasteiger partial charge in [0.25, 0.3) is 0 Å². The highest BCUT2D eigenvalue weighted by Gasteiger charge is 2.47. The van der Waals surface area contributed by atoms with Crippen LogP contribution in [-0.2, 0) is 4.79 Å². The van der Waals surface area contributed by atoms with Gasteiger partial charge in [0.2, 0.25) is 0 Å². The number of rotatable bonds is 3. The minimum absolute atomic E-state index is 0.107.